The predicted molar refractivity (Wildman–Crippen MR) is 96.2 cm³/mol. The summed E-state index contributed by atoms with van der Waals surface area (Å²) in [4.78, 5) is 8.23. The summed E-state index contributed by atoms with van der Waals surface area (Å²) in [6.45, 7) is 0.549. The van der Waals surface area contributed by atoms with Crippen molar-refractivity contribution >= 4 is 17.8 Å². The Bertz CT molecular complexity index is 767. The second-order valence-corrected chi connectivity index (χ2v) is 6.15. The number of ether oxygens (including phenoxy) is 1. The van der Waals surface area contributed by atoms with Crippen LogP contribution in [0.5, 0.6) is 5.88 Å². The molecule has 1 aliphatic rings. The molecular weight excluding hydrogens is 367 g/mol. The van der Waals surface area contributed by atoms with Gasteiger partial charge in [0.2, 0.25) is 5.88 Å². The molecule has 1 aromatic rings. The number of hydrogen-bond donors (Lipinski definition) is 1. The third-order valence-electron chi connectivity index (χ3n) is 3.48. The van der Waals surface area contributed by atoms with Crippen molar-refractivity contribution in [1.29, 1.82) is 0 Å². The largest absolute Gasteiger partial charge is 0.468 e. The highest BCUT2D eigenvalue weighted by Gasteiger charge is 2.28. The first-order valence-corrected chi connectivity index (χ1v) is 8.31. The number of alkyl halides is 3. The molecule has 0 saturated heterocycles. The quantitative estimate of drug-likeness (QED) is 0.754. The van der Waals surface area contributed by atoms with E-state index < -0.39 is 12.8 Å². The van der Waals surface area contributed by atoms with E-state index in [1.165, 1.54) is 6.20 Å². The van der Waals surface area contributed by atoms with E-state index in [9.17, 15) is 13.2 Å². The lowest BCUT2D eigenvalue weighted by Gasteiger charge is -2.11. The molecule has 1 aliphatic carbocycles. The summed E-state index contributed by atoms with van der Waals surface area (Å²) in [6.07, 6.45) is 5.97. The zero-order chi connectivity index (χ0) is 19.2. The van der Waals surface area contributed by atoms with Gasteiger partial charge >= 0.3 is 6.18 Å². The summed E-state index contributed by atoms with van der Waals surface area (Å²) in [6, 6.07) is 1.68. The second-order valence-electron chi connectivity index (χ2n) is 5.74. The fourth-order valence-corrected chi connectivity index (χ4v) is 2.51. The first-order valence-electron chi connectivity index (χ1n) is 7.93. The molecule has 0 unspecified atom stereocenters. The van der Waals surface area contributed by atoms with Crippen LogP contribution >= 0.6 is 11.6 Å². The fourth-order valence-electron chi connectivity index (χ4n) is 2.24. The van der Waals surface area contributed by atoms with Crippen molar-refractivity contribution in [2.75, 3.05) is 6.61 Å². The Morgan fingerprint density at radius 1 is 1.38 bits per heavy atom. The van der Waals surface area contributed by atoms with Gasteiger partial charge in [-0.15, -0.1) is 0 Å². The van der Waals surface area contributed by atoms with Crippen LogP contribution < -0.4 is 10.5 Å². The number of hydrogen-bond acceptors (Lipinski definition) is 4. The smallest absolute Gasteiger partial charge is 0.422 e. The minimum Gasteiger partial charge on any atom is -0.468 e. The Balaban J connectivity index is 2.06. The minimum atomic E-state index is -4.40. The van der Waals surface area contributed by atoms with Crippen molar-refractivity contribution in [2.45, 2.75) is 32.5 Å². The summed E-state index contributed by atoms with van der Waals surface area (Å²) < 4.78 is 41.3. The van der Waals surface area contributed by atoms with Crippen LogP contribution in [0.25, 0.3) is 0 Å². The zero-order valence-corrected chi connectivity index (χ0v) is 14.9. The van der Waals surface area contributed by atoms with Crippen molar-refractivity contribution in [3.8, 4) is 5.88 Å². The van der Waals surface area contributed by atoms with E-state index in [1.807, 2.05) is 12.2 Å². The Hall–Kier alpha value is -2.28. The molecule has 1 heterocycles. The number of nitrogens with zero attached hydrogens (tertiary/aromatic N) is 2. The SMILES string of the molecule is Cc1cc(CN=CC2=C(N)/C=C\CCC=C2Cl)cnc1OCC(F)(F)F. The van der Waals surface area contributed by atoms with Gasteiger partial charge in [0.1, 0.15) is 0 Å². The van der Waals surface area contributed by atoms with Gasteiger partial charge in [0.15, 0.2) is 6.61 Å². The molecule has 0 bridgehead atoms. The molecule has 0 aromatic carbocycles. The summed E-state index contributed by atoms with van der Waals surface area (Å²) in [5.74, 6) is -0.0434. The van der Waals surface area contributed by atoms with Crippen molar-refractivity contribution in [3.63, 3.8) is 0 Å². The molecule has 8 heteroatoms. The number of aliphatic imine (C=N–C) groups is 1. The van der Waals surface area contributed by atoms with Crippen LogP contribution in [0.15, 0.2) is 51.8 Å². The third-order valence-corrected chi connectivity index (χ3v) is 3.83. The highest BCUT2D eigenvalue weighted by Crippen LogP contribution is 2.22. The highest BCUT2D eigenvalue weighted by atomic mass is 35.5. The van der Waals surface area contributed by atoms with E-state index in [2.05, 4.69) is 14.7 Å². The molecule has 0 fully saturated rings. The molecule has 26 heavy (non-hydrogen) atoms. The van der Waals surface area contributed by atoms with Crippen LogP contribution in [0.1, 0.15) is 24.0 Å². The summed E-state index contributed by atoms with van der Waals surface area (Å²) >= 11 is 6.23. The van der Waals surface area contributed by atoms with Crippen molar-refractivity contribution in [3.05, 3.63) is 57.9 Å². The Labute approximate surface area is 154 Å². The van der Waals surface area contributed by atoms with Gasteiger partial charge in [-0.1, -0.05) is 23.8 Å². The standard InChI is InChI=1S/C18H19ClF3N3O/c1-12-7-13(9-25-17(12)26-11-18(20,21)22)8-24-10-14-15(19)5-3-2-4-6-16(14)23/h4-7,9-10H,2-3,8,11,23H2,1H3/b6-4-,15-5?,16-14?,24-10?. The summed E-state index contributed by atoms with van der Waals surface area (Å²) in [7, 11) is 0. The minimum absolute atomic E-state index is 0.0434. The zero-order valence-electron chi connectivity index (χ0n) is 14.2. The number of halogens is 4. The fraction of sp³-hybridized carbons (Fsp3) is 0.333. The van der Waals surface area contributed by atoms with Gasteiger partial charge in [0.05, 0.1) is 6.54 Å². The maximum absolute atomic E-state index is 12.2. The summed E-state index contributed by atoms with van der Waals surface area (Å²) in [5.41, 5.74) is 8.39. The Morgan fingerprint density at radius 2 is 2.15 bits per heavy atom. The normalized spacial score (nSPS) is 17.0. The van der Waals surface area contributed by atoms with Gasteiger partial charge < -0.3 is 10.5 Å². The molecule has 4 nitrogen and oxygen atoms in total. The van der Waals surface area contributed by atoms with Crippen LogP contribution in [0, 0.1) is 6.92 Å². The van der Waals surface area contributed by atoms with E-state index in [-0.39, 0.29) is 12.4 Å². The van der Waals surface area contributed by atoms with E-state index in [0.717, 1.165) is 18.4 Å². The van der Waals surface area contributed by atoms with Crippen molar-refractivity contribution < 1.29 is 17.9 Å². The Kier molecular flexibility index (Phi) is 6.85. The van der Waals surface area contributed by atoms with E-state index in [4.69, 9.17) is 17.3 Å². The number of pyridine rings is 1. The number of aryl methyl sites for hydroxylation is 1. The van der Waals surface area contributed by atoms with Crippen molar-refractivity contribution in [1.82, 2.24) is 4.98 Å². The predicted octanol–water partition coefficient (Wildman–Crippen LogP) is 4.59. The molecule has 0 atom stereocenters. The highest BCUT2D eigenvalue weighted by molar-refractivity contribution is 6.34. The lowest BCUT2D eigenvalue weighted by molar-refractivity contribution is -0.154. The average Bonchev–Trinajstić information content (AvgIpc) is 2.55. The molecule has 0 amide bonds. The van der Waals surface area contributed by atoms with E-state index in [1.54, 1.807) is 25.3 Å². The molecule has 0 saturated carbocycles. The first-order chi connectivity index (χ1) is 12.3. The maximum atomic E-state index is 12.2. The number of allylic oxidation sites excluding steroid dienone is 5. The maximum Gasteiger partial charge on any atom is 0.422 e. The second kappa shape index (κ2) is 8.89. The van der Waals surface area contributed by atoms with Crippen LogP contribution in [0.4, 0.5) is 13.2 Å². The monoisotopic (exact) mass is 385 g/mol. The van der Waals surface area contributed by atoms with Gasteiger partial charge in [-0.2, -0.15) is 13.2 Å². The number of nitrogens with two attached hydrogens (primary N) is 1. The van der Waals surface area contributed by atoms with Gasteiger partial charge in [0.25, 0.3) is 0 Å². The van der Waals surface area contributed by atoms with Crippen molar-refractivity contribution in [2.24, 2.45) is 10.7 Å². The average molecular weight is 386 g/mol. The van der Waals surface area contributed by atoms with Crippen LogP contribution in [-0.4, -0.2) is 24.0 Å². The number of rotatable bonds is 5. The topological polar surface area (TPSA) is 60.5 Å². The van der Waals surface area contributed by atoms with Crippen LogP contribution in [0.2, 0.25) is 0 Å². The van der Waals surface area contributed by atoms with Gasteiger partial charge in [0, 0.05) is 34.3 Å². The Morgan fingerprint density at radius 3 is 2.85 bits per heavy atom. The van der Waals surface area contributed by atoms with Gasteiger partial charge in [-0.05, 0) is 37.5 Å². The lowest BCUT2D eigenvalue weighted by Crippen LogP contribution is -2.20. The lowest BCUT2D eigenvalue weighted by atomic mass is 10.1. The molecular formula is C18H19ClF3N3O. The van der Waals surface area contributed by atoms with Gasteiger partial charge in [-0.25, -0.2) is 4.98 Å². The van der Waals surface area contributed by atoms with Gasteiger partial charge in [-0.3, -0.25) is 4.99 Å². The molecule has 140 valence electrons. The molecule has 2 N–H and O–H groups in total. The molecule has 0 spiro atoms. The molecule has 0 radical (unpaired) electrons. The van der Waals surface area contributed by atoms with Crippen LogP contribution in [-0.2, 0) is 6.54 Å². The molecule has 1 aromatic heterocycles. The molecule has 0 aliphatic heterocycles. The number of aromatic nitrogens is 1. The first kappa shape index (κ1) is 20.0. The van der Waals surface area contributed by atoms with Crippen LogP contribution in [0.3, 0.4) is 0 Å². The van der Waals surface area contributed by atoms with E-state index >= 15 is 0 Å². The molecule has 2 rings (SSSR count). The van der Waals surface area contributed by atoms with E-state index in [0.29, 0.717) is 21.9 Å². The third kappa shape index (κ3) is 6.22. The summed E-state index contributed by atoms with van der Waals surface area (Å²) in [5, 5.41) is 0.542.